The molecule has 4 aliphatic heterocycles. The largest absolute Gasteiger partial charge is 0.472 e. The molecule has 240 valence electrons. The second kappa shape index (κ2) is 10.2. The van der Waals surface area contributed by atoms with Crippen LogP contribution in [0.5, 0.6) is 11.9 Å². The minimum Gasteiger partial charge on any atom is -0.472 e. The molecule has 1 aliphatic carbocycles. The quantitative estimate of drug-likeness (QED) is 0.390. The Morgan fingerprint density at radius 2 is 2.02 bits per heavy atom. The Morgan fingerprint density at radius 1 is 1.20 bits per heavy atom. The maximum Gasteiger partial charge on any atom is 0.418 e. The van der Waals surface area contributed by atoms with Crippen LogP contribution in [0.2, 0.25) is 0 Å². The molecule has 4 atom stereocenters. The summed E-state index contributed by atoms with van der Waals surface area (Å²) in [5.41, 5.74) is 2.96. The van der Waals surface area contributed by atoms with E-state index in [0.717, 1.165) is 45.0 Å². The van der Waals surface area contributed by atoms with Gasteiger partial charge in [-0.05, 0) is 39.2 Å². The number of anilines is 2. The van der Waals surface area contributed by atoms with E-state index in [4.69, 9.17) is 24.9 Å². The van der Waals surface area contributed by atoms with Crippen molar-refractivity contribution in [2.45, 2.75) is 63.6 Å². The highest BCUT2D eigenvalue weighted by atomic mass is 19.4. The fourth-order valence-electron chi connectivity index (χ4n) is 7.39. The van der Waals surface area contributed by atoms with E-state index in [-0.39, 0.29) is 45.8 Å². The van der Waals surface area contributed by atoms with Gasteiger partial charge in [0.2, 0.25) is 5.88 Å². The number of piperazine rings is 1. The first kappa shape index (κ1) is 28.9. The molecule has 45 heavy (non-hydrogen) atoms. The predicted octanol–water partition coefficient (Wildman–Crippen LogP) is 3.33. The highest BCUT2D eigenvalue weighted by Gasteiger charge is 2.49. The number of aryl methyl sites for hydroxylation is 1. The van der Waals surface area contributed by atoms with Crippen LogP contribution >= 0.6 is 0 Å². The topological polar surface area (TPSA) is 124 Å². The van der Waals surface area contributed by atoms with Crippen molar-refractivity contribution in [2.75, 3.05) is 56.6 Å². The van der Waals surface area contributed by atoms with Crippen LogP contribution in [-0.4, -0.2) is 95.1 Å². The molecule has 5 aliphatic rings. The van der Waals surface area contributed by atoms with E-state index < -0.39 is 34.9 Å². The van der Waals surface area contributed by atoms with Gasteiger partial charge in [-0.15, -0.1) is 0 Å². The first-order valence-electron chi connectivity index (χ1n) is 15.4. The van der Waals surface area contributed by atoms with Crippen LogP contribution in [-0.2, 0) is 10.9 Å². The Hall–Kier alpha value is -3.56. The minimum absolute atomic E-state index is 0.0367. The monoisotopic (exact) mass is 630 g/mol. The number of hydrogen-bond donors (Lipinski definition) is 2. The second-order valence-corrected chi connectivity index (χ2v) is 13.0. The smallest absolute Gasteiger partial charge is 0.418 e. The van der Waals surface area contributed by atoms with Gasteiger partial charge in [0, 0.05) is 49.7 Å². The summed E-state index contributed by atoms with van der Waals surface area (Å²) >= 11 is 0. The van der Waals surface area contributed by atoms with Crippen molar-refractivity contribution >= 4 is 22.5 Å². The van der Waals surface area contributed by atoms with E-state index in [1.807, 2.05) is 11.8 Å². The first-order valence-corrected chi connectivity index (χ1v) is 15.4. The van der Waals surface area contributed by atoms with Crippen molar-refractivity contribution in [3.8, 4) is 23.1 Å². The highest BCUT2D eigenvalue weighted by molar-refractivity contribution is 5.97. The standard InChI is InChI=1S/C30H34F4N8O3/c1-14-22(30(32,33)34)18(8-20(35)37-14)24-23(31)25-21-26(42-6-5-36-9-19(42)15(2)45-27(21)38-24)40-28(39-25)44-13-29(3-4-29)12-41-10-17-7-16(41)11-43-17/h8,15-17,19,36H,3-7,9-13H2,1-2H3,(H2,35,37)/t15-,16-,17-,19-/m0/s1. The van der Waals surface area contributed by atoms with Crippen LogP contribution in [0.3, 0.4) is 0 Å². The van der Waals surface area contributed by atoms with Gasteiger partial charge in [-0.2, -0.15) is 23.1 Å². The van der Waals surface area contributed by atoms with Crippen LogP contribution in [0.1, 0.15) is 37.4 Å². The Bertz CT molecular complexity index is 1690. The molecule has 7 heterocycles. The van der Waals surface area contributed by atoms with E-state index in [0.29, 0.717) is 44.2 Å². The zero-order valence-electron chi connectivity index (χ0n) is 25.0. The number of rotatable bonds is 6. The van der Waals surface area contributed by atoms with Crippen LogP contribution in [0, 0.1) is 18.2 Å². The number of nitrogen functional groups attached to an aromatic ring is 1. The average molecular weight is 631 g/mol. The average Bonchev–Trinajstić information content (AvgIpc) is 3.46. The van der Waals surface area contributed by atoms with Gasteiger partial charge in [-0.1, -0.05) is 0 Å². The molecule has 3 aromatic rings. The van der Waals surface area contributed by atoms with Gasteiger partial charge in [0.25, 0.3) is 0 Å². The molecule has 11 nitrogen and oxygen atoms in total. The van der Waals surface area contributed by atoms with E-state index in [1.54, 1.807) is 0 Å². The molecule has 3 aromatic heterocycles. The lowest BCUT2D eigenvalue weighted by Crippen LogP contribution is -2.56. The number of morpholine rings is 1. The van der Waals surface area contributed by atoms with Gasteiger partial charge >= 0.3 is 12.2 Å². The van der Waals surface area contributed by atoms with Crippen molar-refractivity contribution in [1.82, 2.24) is 30.2 Å². The van der Waals surface area contributed by atoms with Crippen LogP contribution in [0.25, 0.3) is 22.2 Å². The number of hydrogen-bond acceptors (Lipinski definition) is 11. The molecule has 8 rings (SSSR count). The Labute approximate surface area is 256 Å². The zero-order chi connectivity index (χ0) is 31.2. The van der Waals surface area contributed by atoms with Gasteiger partial charge < -0.3 is 30.2 Å². The van der Waals surface area contributed by atoms with Gasteiger partial charge in [0.1, 0.15) is 34.3 Å². The number of aromatic nitrogens is 4. The third kappa shape index (κ3) is 4.90. The molecule has 4 fully saturated rings. The van der Waals surface area contributed by atoms with Crippen LogP contribution in [0.15, 0.2) is 6.07 Å². The minimum atomic E-state index is -4.84. The van der Waals surface area contributed by atoms with Crippen molar-refractivity contribution < 1.29 is 31.8 Å². The summed E-state index contributed by atoms with van der Waals surface area (Å²) in [5.74, 6) is -0.896. The van der Waals surface area contributed by atoms with E-state index in [2.05, 4.69) is 25.2 Å². The maximum atomic E-state index is 16.6. The lowest BCUT2D eigenvalue weighted by Gasteiger charge is -2.38. The fourth-order valence-corrected chi connectivity index (χ4v) is 7.39. The summed E-state index contributed by atoms with van der Waals surface area (Å²) in [4.78, 5) is 21.9. The number of ether oxygens (including phenoxy) is 3. The lowest BCUT2D eigenvalue weighted by atomic mass is 10.0. The number of nitrogens with two attached hydrogens (primary N) is 1. The predicted molar refractivity (Wildman–Crippen MR) is 156 cm³/mol. The summed E-state index contributed by atoms with van der Waals surface area (Å²) in [6.07, 6.45) is -1.97. The summed E-state index contributed by atoms with van der Waals surface area (Å²) < 4.78 is 77.8. The summed E-state index contributed by atoms with van der Waals surface area (Å²) in [6.45, 7) is 7.68. The molecule has 1 saturated carbocycles. The van der Waals surface area contributed by atoms with Gasteiger partial charge in [0.05, 0.1) is 36.6 Å². The van der Waals surface area contributed by atoms with Gasteiger partial charge in [-0.3, -0.25) is 4.90 Å². The SMILES string of the molecule is Cc1nc(N)cc(-c2nc3c4c(nc(OCC5(CN6C[C@@H]7C[C@H]6CO7)CC5)nc4c2F)N2CCNC[C@H]2[C@H](C)O3)c1C(F)(F)F. The zero-order valence-corrected chi connectivity index (χ0v) is 25.0. The number of alkyl halides is 3. The first-order chi connectivity index (χ1) is 21.5. The molecule has 0 amide bonds. The van der Waals surface area contributed by atoms with Crippen LogP contribution in [0.4, 0.5) is 29.2 Å². The second-order valence-electron chi connectivity index (χ2n) is 13.0. The third-order valence-corrected chi connectivity index (χ3v) is 9.88. The maximum absolute atomic E-state index is 16.6. The van der Waals surface area contributed by atoms with E-state index in [1.165, 1.54) is 6.92 Å². The van der Waals surface area contributed by atoms with Crippen molar-refractivity contribution in [2.24, 2.45) is 5.41 Å². The Kier molecular flexibility index (Phi) is 6.56. The molecule has 0 spiro atoms. The van der Waals surface area contributed by atoms with E-state index in [9.17, 15) is 13.2 Å². The Morgan fingerprint density at radius 3 is 2.73 bits per heavy atom. The number of fused-ring (bicyclic) bond motifs is 4. The summed E-state index contributed by atoms with van der Waals surface area (Å²) in [7, 11) is 0. The molecule has 15 heteroatoms. The molecule has 3 N–H and O–H groups in total. The van der Waals surface area contributed by atoms with Gasteiger partial charge in [0.15, 0.2) is 5.82 Å². The lowest BCUT2D eigenvalue weighted by molar-refractivity contribution is -0.137. The Balaban J connectivity index is 1.24. The molecular weight excluding hydrogens is 596 g/mol. The molecule has 2 bridgehead atoms. The van der Waals surface area contributed by atoms with E-state index >= 15 is 4.39 Å². The van der Waals surface area contributed by atoms with Crippen LogP contribution < -0.4 is 25.4 Å². The highest BCUT2D eigenvalue weighted by Crippen LogP contribution is 2.49. The third-order valence-electron chi connectivity index (χ3n) is 9.88. The van der Waals surface area contributed by atoms with Crippen molar-refractivity contribution in [3.05, 3.63) is 23.1 Å². The van der Waals surface area contributed by atoms with Crippen molar-refractivity contribution in [1.29, 1.82) is 0 Å². The normalized spacial score (nSPS) is 26.9. The number of likely N-dealkylation sites (tertiary alicyclic amines) is 1. The number of nitrogens with zero attached hydrogens (tertiary/aromatic N) is 6. The number of nitrogens with one attached hydrogen (secondary N) is 1. The molecule has 0 aromatic carbocycles. The molecular formula is C30H34F4N8O3. The molecule has 3 saturated heterocycles. The fraction of sp³-hybridized carbons (Fsp3) is 0.600. The number of halogens is 4. The van der Waals surface area contributed by atoms with Gasteiger partial charge in [-0.25, -0.2) is 14.4 Å². The summed E-state index contributed by atoms with van der Waals surface area (Å²) in [6, 6.07) is 1.18. The summed E-state index contributed by atoms with van der Waals surface area (Å²) in [5, 5.41) is 3.55. The molecule has 0 radical (unpaired) electrons. The number of pyridine rings is 2. The molecule has 0 unspecified atom stereocenters. The van der Waals surface area contributed by atoms with Crippen molar-refractivity contribution in [3.63, 3.8) is 0 Å².